The van der Waals surface area contributed by atoms with Crippen LogP contribution in [-0.2, 0) is 0 Å². The number of benzene rings is 1. The molecule has 1 fully saturated rings. The molecule has 0 bridgehead atoms. The molecule has 2 aromatic rings. The summed E-state index contributed by atoms with van der Waals surface area (Å²) in [6.07, 6.45) is 7.23. The molecule has 2 unspecified atom stereocenters. The predicted octanol–water partition coefficient (Wildman–Crippen LogP) is 3.78. The fraction of sp³-hybridized carbons (Fsp3) is 0.500. The number of ether oxygens (including phenoxy) is 1. The number of hydrogen-bond donors (Lipinski definition) is 1. The summed E-state index contributed by atoms with van der Waals surface area (Å²) >= 11 is 0. The number of pyridine rings is 1. The second-order valence-corrected chi connectivity index (χ2v) is 6.03. The van der Waals surface area contributed by atoms with Gasteiger partial charge in [-0.25, -0.2) is 0 Å². The molecule has 0 saturated heterocycles. The minimum Gasteiger partial charge on any atom is -0.492 e. The average Bonchev–Trinajstić information content (AvgIpc) is 2.53. The van der Waals surface area contributed by atoms with Crippen LogP contribution < -0.4 is 10.1 Å². The van der Waals surface area contributed by atoms with Crippen LogP contribution in [0.3, 0.4) is 0 Å². The minimum atomic E-state index is 0.667. The Kier molecular flexibility index (Phi) is 4.71. The maximum absolute atomic E-state index is 5.84. The zero-order valence-corrected chi connectivity index (χ0v) is 12.7. The van der Waals surface area contributed by atoms with E-state index in [1.165, 1.54) is 25.7 Å². The molecule has 0 aliphatic heterocycles. The first-order valence-electron chi connectivity index (χ1n) is 8.04. The van der Waals surface area contributed by atoms with E-state index in [-0.39, 0.29) is 0 Å². The van der Waals surface area contributed by atoms with Crippen LogP contribution in [0.25, 0.3) is 10.9 Å². The van der Waals surface area contributed by atoms with E-state index in [0.29, 0.717) is 12.6 Å². The molecule has 3 rings (SSSR count). The van der Waals surface area contributed by atoms with Gasteiger partial charge in [0.1, 0.15) is 12.4 Å². The monoisotopic (exact) mass is 284 g/mol. The van der Waals surface area contributed by atoms with E-state index in [0.717, 1.165) is 29.1 Å². The van der Waals surface area contributed by atoms with Crippen molar-refractivity contribution in [2.24, 2.45) is 5.92 Å². The number of fused-ring (bicyclic) bond motifs is 1. The summed E-state index contributed by atoms with van der Waals surface area (Å²) in [7, 11) is 0. The van der Waals surface area contributed by atoms with E-state index in [9.17, 15) is 0 Å². The Morgan fingerprint density at radius 3 is 3.05 bits per heavy atom. The Balaban J connectivity index is 1.48. The van der Waals surface area contributed by atoms with Gasteiger partial charge >= 0.3 is 0 Å². The first-order valence-corrected chi connectivity index (χ1v) is 8.04. The largest absolute Gasteiger partial charge is 0.492 e. The maximum atomic E-state index is 5.84. The average molecular weight is 284 g/mol. The number of aromatic nitrogens is 1. The third kappa shape index (κ3) is 3.73. The summed E-state index contributed by atoms with van der Waals surface area (Å²) in [5, 5.41) is 4.79. The Morgan fingerprint density at radius 1 is 1.24 bits per heavy atom. The first kappa shape index (κ1) is 14.3. The van der Waals surface area contributed by atoms with Crippen molar-refractivity contribution >= 4 is 10.9 Å². The van der Waals surface area contributed by atoms with Crippen molar-refractivity contribution in [3.8, 4) is 5.75 Å². The molecule has 1 heterocycles. The van der Waals surface area contributed by atoms with E-state index in [4.69, 9.17) is 4.74 Å². The zero-order chi connectivity index (χ0) is 14.5. The third-order valence-corrected chi connectivity index (χ3v) is 4.47. The van der Waals surface area contributed by atoms with Crippen LogP contribution in [0.5, 0.6) is 5.75 Å². The standard InChI is InChI=1S/C18H24N2O/c1-14-5-2-3-7-17(14)20-11-12-21-16-9-8-15-6-4-10-19-18(15)13-16/h4,6,8-10,13-14,17,20H,2-3,5,7,11-12H2,1H3. The molecule has 2 atom stereocenters. The normalized spacial score (nSPS) is 22.3. The first-order chi connectivity index (χ1) is 10.3. The second-order valence-electron chi connectivity index (χ2n) is 6.03. The van der Waals surface area contributed by atoms with Crippen LogP contribution in [0.2, 0.25) is 0 Å². The fourth-order valence-corrected chi connectivity index (χ4v) is 3.17. The van der Waals surface area contributed by atoms with Gasteiger partial charge in [0.05, 0.1) is 5.52 Å². The van der Waals surface area contributed by atoms with E-state index in [1.54, 1.807) is 0 Å². The Labute approximate surface area is 126 Å². The molecule has 0 spiro atoms. The van der Waals surface area contributed by atoms with Crippen LogP contribution in [0.4, 0.5) is 0 Å². The summed E-state index contributed by atoms with van der Waals surface area (Å²) in [5.74, 6) is 1.70. The summed E-state index contributed by atoms with van der Waals surface area (Å²) in [5.41, 5.74) is 0.990. The van der Waals surface area contributed by atoms with Gasteiger partial charge in [0.15, 0.2) is 0 Å². The van der Waals surface area contributed by atoms with Crippen molar-refractivity contribution in [2.45, 2.75) is 38.6 Å². The number of rotatable bonds is 5. The van der Waals surface area contributed by atoms with Crippen molar-refractivity contribution < 1.29 is 4.74 Å². The summed E-state index contributed by atoms with van der Waals surface area (Å²) < 4.78 is 5.84. The fourth-order valence-electron chi connectivity index (χ4n) is 3.17. The lowest BCUT2D eigenvalue weighted by molar-refractivity contribution is 0.251. The van der Waals surface area contributed by atoms with Gasteiger partial charge in [0.25, 0.3) is 0 Å². The molecule has 3 heteroatoms. The molecule has 112 valence electrons. The molecule has 21 heavy (non-hydrogen) atoms. The topological polar surface area (TPSA) is 34.1 Å². The summed E-state index contributed by atoms with van der Waals surface area (Å²) in [6, 6.07) is 10.8. The molecule has 1 saturated carbocycles. The molecule has 1 aromatic carbocycles. The molecular weight excluding hydrogens is 260 g/mol. The van der Waals surface area contributed by atoms with Crippen molar-refractivity contribution in [3.63, 3.8) is 0 Å². The molecule has 0 amide bonds. The van der Waals surface area contributed by atoms with Gasteiger partial charge in [-0.3, -0.25) is 4.98 Å². The Morgan fingerprint density at radius 2 is 2.14 bits per heavy atom. The van der Waals surface area contributed by atoms with Crippen LogP contribution in [-0.4, -0.2) is 24.2 Å². The molecule has 3 nitrogen and oxygen atoms in total. The molecule has 0 radical (unpaired) electrons. The van der Waals surface area contributed by atoms with Crippen LogP contribution in [0.15, 0.2) is 36.5 Å². The third-order valence-electron chi connectivity index (χ3n) is 4.47. The van der Waals surface area contributed by atoms with Crippen LogP contribution in [0, 0.1) is 5.92 Å². The Bertz CT molecular complexity index is 584. The molecule has 1 N–H and O–H groups in total. The highest BCUT2D eigenvalue weighted by atomic mass is 16.5. The number of hydrogen-bond acceptors (Lipinski definition) is 3. The Hall–Kier alpha value is -1.61. The van der Waals surface area contributed by atoms with Crippen molar-refractivity contribution in [1.29, 1.82) is 0 Å². The van der Waals surface area contributed by atoms with Crippen molar-refractivity contribution in [2.75, 3.05) is 13.2 Å². The smallest absolute Gasteiger partial charge is 0.121 e. The van der Waals surface area contributed by atoms with Gasteiger partial charge in [0, 0.05) is 30.2 Å². The van der Waals surface area contributed by atoms with Gasteiger partial charge in [-0.2, -0.15) is 0 Å². The van der Waals surface area contributed by atoms with Gasteiger partial charge in [-0.15, -0.1) is 0 Å². The second kappa shape index (κ2) is 6.90. The van der Waals surface area contributed by atoms with Crippen LogP contribution in [0.1, 0.15) is 32.6 Å². The number of nitrogens with zero attached hydrogens (tertiary/aromatic N) is 1. The van der Waals surface area contributed by atoms with Crippen molar-refractivity contribution in [3.05, 3.63) is 36.5 Å². The summed E-state index contributed by atoms with van der Waals surface area (Å²) in [6.45, 7) is 3.98. The van der Waals surface area contributed by atoms with Crippen LogP contribution >= 0.6 is 0 Å². The lowest BCUT2D eigenvalue weighted by Crippen LogP contribution is -2.39. The maximum Gasteiger partial charge on any atom is 0.121 e. The van der Waals surface area contributed by atoms with E-state index in [1.807, 2.05) is 24.4 Å². The molecule has 1 aromatic heterocycles. The molecular formula is C18H24N2O. The lowest BCUT2D eigenvalue weighted by atomic mass is 9.86. The van der Waals surface area contributed by atoms with E-state index >= 15 is 0 Å². The van der Waals surface area contributed by atoms with E-state index < -0.39 is 0 Å². The zero-order valence-electron chi connectivity index (χ0n) is 12.7. The SMILES string of the molecule is CC1CCCCC1NCCOc1ccc2cccnc2c1. The molecule has 1 aliphatic rings. The molecule has 1 aliphatic carbocycles. The van der Waals surface area contributed by atoms with Crippen molar-refractivity contribution in [1.82, 2.24) is 10.3 Å². The lowest BCUT2D eigenvalue weighted by Gasteiger charge is -2.29. The predicted molar refractivity (Wildman–Crippen MR) is 86.7 cm³/mol. The van der Waals surface area contributed by atoms with Gasteiger partial charge in [-0.05, 0) is 37.0 Å². The highest BCUT2D eigenvalue weighted by molar-refractivity contribution is 5.79. The van der Waals surface area contributed by atoms with Gasteiger partial charge in [0.2, 0.25) is 0 Å². The summed E-state index contributed by atoms with van der Waals surface area (Å²) in [4.78, 5) is 4.36. The van der Waals surface area contributed by atoms with Gasteiger partial charge in [-0.1, -0.05) is 25.8 Å². The van der Waals surface area contributed by atoms with E-state index in [2.05, 4.69) is 29.4 Å². The number of nitrogens with one attached hydrogen (secondary N) is 1. The van der Waals surface area contributed by atoms with Gasteiger partial charge < -0.3 is 10.1 Å². The highest BCUT2D eigenvalue weighted by Gasteiger charge is 2.20. The highest BCUT2D eigenvalue weighted by Crippen LogP contribution is 2.23. The minimum absolute atomic E-state index is 0.667. The quantitative estimate of drug-likeness (QED) is 0.848.